The molecule has 3 aromatic carbocycles. The number of carbonyl (C=O) groups is 2. The minimum absolute atomic E-state index is 0.00968. The van der Waals surface area contributed by atoms with Crippen LogP contribution in [0.4, 0.5) is 0 Å². The van der Waals surface area contributed by atoms with E-state index in [0.29, 0.717) is 31.6 Å². The molecule has 0 aliphatic carbocycles. The number of nitrogens with zero attached hydrogens (tertiary/aromatic N) is 1. The van der Waals surface area contributed by atoms with Crippen LogP contribution in [0.2, 0.25) is 0 Å². The molecule has 0 saturated carbocycles. The van der Waals surface area contributed by atoms with Crippen LogP contribution in [0.5, 0.6) is 5.75 Å². The molecule has 0 fully saturated rings. The highest BCUT2D eigenvalue weighted by Gasteiger charge is 2.14. The van der Waals surface area contributed by atoms with Crippen molar-refractivity contribution in [1.82, 2.24) is 4.90 Å². The third-order valence-electron chi connectivity index (χ3n) is 5.67. The molecule has 0 bridgehead atoms. The van der Waals surface area contributed by atoms with Gasteiger partial charge >= 0.3 is 5.97 Å². The second-order valence-electron chi connectivity index (χ2n) is 8.34. The van der Waals surface area contributed by atoms with Crippen molar-refractivity contribution in [1.29, 1.82) is 0 Å². The molecular weight excluding hydrogens is 426 g/mol. The van der Waals surface area contributed by atoms with Gasteiger partial charge in [0.2, 0.25) is 0 Å². The van der Waals surface area contributed by atoms with Crippen molar-refractivity contribution >= 4 is 11.9 Å². The first-order valence-electron chi connectivity index (χ1n) is 11.7. The van der Waals surface area contributed by atoms with Crippen LogP contribution >= 0.6 is 0 Å². The van der Waals surface area contributed by atoms with E-state index in [2.05, 4.69) is 19.1 Å². The topological polar surface area (TPSA) is 55.8 Å². The zero-order valence-electron chi connectivity index (χ0n) is 20.3. The third kappa shape index (κ3) is 6.95. The Morgan fingerprint density at radius 3 is 2.44 bits per heavy atom. The number of esters is 1. The highest BCUT2D eigenvalue weighted by molar-refractivity contribution is 5.94. The van der Waals surface area contributed by atoms with E-state index in [1.165, 1.54) is 7.11 Å². The third-order valence-corrected chi connectivity index (χ3v) is 5.67. The Bertz CT molecular complexity index is 1090. The lowest BCUT2D eigenvalue weighted by Gasteiger charge is -2.18. The smallest absolute Gasteiger partial charge is 0.305 e. The standard InChI is InChI=1S/C29H33NO4/c1-4-5-18-34-27-20-22(15-17-28(31)33-3)14-16-26(27)25-13-9-10-23(19-25)21-30(2)29(32)24-11-7-6-8-12-24/h6-14,16,19-20H,4-5,15,17-18,21H2,1-3H3. The van der Waals surface area contributed by atoms with E-state index < -0.39 is 0 Å². The van der Waals surface area contributed by atoms with E-state index in [1.54, 1.807) is 4.90 Å². The molecule has 0 heterocycles. The number of hydrogen-bond acceptors (Lipinski definition) is 4. The predicted octanol–water partition coefficient (Wildman–Crippen LogP) is 5.91. The van der Waals surface area contributed by atoms with Gasteiger partial charge in [0, 0.05) is 31.1 Å². The number of ether oxygens (including phenoxy) is 2. The number of methoxy groups -OCH3 is 1. The molecule has 0 unspecified atom stereocenters. The summed E-state index contributed by atoms with van der Waals surface area (Å²) in [7, 11) is 3.22. The summed E-state index contributed by atoms with van der Waals surface area (Å²) >= 11 is 0. The Morgan fingerprint density at radius 1 is 0.912 bits per heavy atom. The zero-order valence-corrected chi connectivity index (χ0v) is 20.3. The fraction of sp³-hybridized carbons (Fsp3) is 0.310. The van der Waals surface area contributed by atoms with Crippen LogP contribution in [0, 0.1) is 0 Å². The van der Waals surface area contributed by atoms with Gasteiger partial charge in [-0.05, 0) is 53.8 Å². The Morgan fingerprint density at radius 2 is 1.71 bits per heavy atom. The Labute approximate surface area is 202 Å². The summed E-state index contributed by atoms with van der Waals surface area (Å²) in [6.45, 7) is 3.27. The largest absolute Gasteiger partial charge is 0.493 e. The molecule has 0 aliphatic heterocycles. The number of benzene rings is 3. The number of unbranched alkanes of at least 4 members (excludes halogenated alkanes) is 1. The molecule has 3 rings (SSSR count). The summed E-state index contributed by atoms with van der Waals surface area (Å²) in [6, 6.07) is 23.6. The van der Waals surface area contributed by atoms with Crippen molar-refractivity contribution in [3.8, 4) is 16.9 Å². The Kier molecular flexibility index (Phi) is 9.27. The van der Waals surface area contributed by atoms with Crippen molar-refractivity contribution in [2.45, 2.75) is 39.2 Å². The molecule has 0 aromatic heterocycles. The summed E-state index contributed by atoms with van der Waals surface area (Å²) in [5.41, 5.74) is 4.78. The van der Waals surface area contributed by atoms with Crippen molar-refractivity contribution in [2.24, 2.45) is 0 Å². The molecule has 0 radical (unpaired) electrons. The van der Waals surface area contributed by atoms with Gasteiger partial charge in [-0.25, -0.2) is 0 Å². The number of rotatable bonds is 11. The Hall–Kier alpha value is -3.60. The normalized spacial score (nSPS) is 10.6. The molecule has 5 nitrogen and oxygen atoms in total. The van der Waals surface area contributed by atoms with E-state index in [0.717, 1.165) is 40.8 Å². The summed E-state index contributed by atoms with van der Waals surface area (Å²) in [4.78, 5) is 26.0. The highest BCUT2D eigenvalue weighted by Crippen LogP contribution is 2.32. The molecular formula is C29H33NO4. The van der Waals surface area contributed by atoms with Crippen LogP contribution < -0.4 is 4.74 Å². The van der Waals surface area contributed by atoms with Crippen LogP contribution in [0.25, 0.3) is 11.1 Å². The maximum absolute atomic E-state index is 12.7. The van der Waals surface area contributed by atoms with Crippen LogP contribution in [0.3, 0.4) is 0 Å². The molecule has 0 spiro atoms. The summed E-state index contributed by atoms with van der Waals surface area (Å²) < 4.78 is 10.9. The molecule has 1 amide bonds. The van der Waals surface area contributed by atoms with Gasteiger partial charge in [0.1, 0.15) is 5.75 Å². The fourth-order valence-corrected chi connectivity index (χ4v) is 3.74. The van der Waals surface area contributed by atoms with E-state index in [9.17, 15) is 9.59 Å². The second-order valence-corrected chi connectivity index (χ2v) is 8.34. The first-order chi connectivity index (χ1) is 16.5. The molecule has 0 aliphatic rings. The molecule has 34 heavy (non-hydrogen) atoms. The zero-order chi connectivity index (χ0) is 24.3. The SMILES string of the molecule is CCCCOc1cc(CCC(=O)OC)ccc1-c1cccc(CN(C)C(=O)c2ccccc2)c1. The minimum Gasteiger partial charge on any atom is -0.493 e. The van der Waals surface area contributed by atoms with Gasteiger partial charge in [0.05, 0.1) is 13.7 Å². The lowest BCUT2D eigenvalue weighted by molar-refractivity contribution is -0.140. The summed E-state index contributed by atoms with van der Waals surface area (Å²) in [5.74, 6) is 0.575. The van der Waals surface area contributed by atoms with Gasteiger partial charge in [0.25, 0.3) is 5.91 Å². The molecule has 0 saturated heterocycles. The monoisotopic (exact) mass is 459 g/mol. The van der Waals surface area contributed by atoms with Crippen LogP contribution in [0.1, 0.15) is 47.7 Å². The van der Waals surface area contributed by atoms with Crippen molar-refractivity contribution < 1.29 is 19.1 Å². The number of carbonyl (C=O) groups excluding carboxylic acids is 2. The average molecular weight is 460 g/mol. The van der Waals surface area contributed by atoms with Crippen LogP contribution in [-0.4, -0.2) is 37.5 Å². The van der Waals surface area contributed by atoms with Crippen molar-refractivity contribution in [3.63, 3.8) is 0 Å². The Balaban J connectivity index is 1.81. The summed E-state index contributed by atoms with van der Waals surface area (Å²) in [6.07, 6.45) is 2.96. The maximum Gasteiger partial charge on any atom is 0.305 e. The quantitative estimate of drug-likeness (QED) is 0.264. The number of aryl methyl sites for hydroxylation is 1. The molecule has 5 heteroatoms. The summed E-state index contributed by atoms with van der Waals surface area (Å²) in [5, 5.41) is 0. The van der Waals surface area contributed by atoms with Gasteiger partial charge < -0.3 is 14.4 Å². The average Bonchev–Trinajstić information content (AvgIpc) is 2.87. The van der Waals surface area contributed by atoms with Gasteiger partial charge in [-0.15, -0.1) is 0 Å². The first-order valence-corrected chi connectivity index (χ1v) is 11.7. The van der Waals surface area contributed by atoms with Gasteiger partial charge in [-0.1, -0.05) is 61.9 Å². The van der Waals surface area contributed by atoms with E-state index in [4.69, 9.17) is 9.47 Å². The molecule has 3 aromatic rings. The van der Waals surface area contributed by atoms with E-state index in [1.807, 2.05) is 67.7 Å². The van der Waals surface area contributed by atoms with E-state index >= 15 is 0 Å². The molecule has 0 N–H and O–H groups in total. The minimum atomic E-state index is -0.223. The lowest BCUT2D eigenvalue weighted by Crippen LogP contribution is -2.26. The van der Waals surface area contributed by atoms with Crippen LogP contribution in [0.15, 0.2) is 72.8 Å². The number of hydrogen-bond donors (Lipinski definition) is 0. The van der Waals surface area contributed by atoms with Gasteiger partial charge in [-0.2, -0.15) is 0 Å². The van der Waals surface area contributed by atoms with Crippen molar-refractivity contribution in [2.75, 3.05) is 20.8 Å². The molecule has 0 atom stereocenters. The van der Waals surface area contributed by atoms with Gasteiger partial charge in [-0.3, -0.25) is 9.59 Å². The maximum atomic E-state index is 12.7. The fourth-order valence-electron chi connectivity index (χ4n) is 3.74. The first kappa shape index (κ1) is 25.0. The molecule has 178 valence electrons. The lowest BCUT2D eigenvalue weighted by atomic mass is 9.99. The van der Waals surface area contributed by atoms with E-state index in [-0.39, 0.29) is 11.9 Å². The number of amides is 1. The predicted molar refractivity (Wildman–Crippen MR) is 135 cm³/mol. The van der Waals surface area contributed by atoms with Crippen LogP contribution in [-0.2, 0) is 22.5 Å². The second kappa shape index (κ2) is 12.6. The van der Waals surface area contributed by atoms with Crippen molar-refractivity contribution in [3.05, 3.63) is 89.5 Å². The highest BCUT2D eigenvalue weighted by atomic mass is 16.5. The van der Waals surface area contributed by atoms with Gasteiger partial charge in [0.15, 0.2) is 0 Å².